The number of carbonyl (C=O) groups excluding carboxylic acids is 1. The van der Waals surface area contributed by atoms with Crippen LogP contribution in [0.4, 0.5) is 0 Å². The summed E-state index contributed by atoms with van der Waals surface area (Å²) in [5.74, 6) is 0.0613. The highest BCUT2D eigenvalue weighted by molar-refractivity contribution is 9.10. The lowest BCUT2D eigenvalue weighted by Gasteiger charge is -2.07. The Morgan fingerprint density at radius 3 is 2.35 bits per heavy atom. The van der Waals surface area contributed by atoms with E-state index in [1.807, 2.05) is 54.6 Å². The summed E-state index contributed by atoms with van der Waals surface area (Å²) >= 11 is 3.49. The number of hydrogen-bond acceptors (Lipinski definition) is 1. The molecule has 0 radical (unpaired) electrons. The summed E-state index contributed by atoms with van der Waals surface area (Å²) in [6.07, 6.45) is 0.625. The molecule has 0 heterocycles. The zero-order valence-electron chi connectivity index (χ0n) is 10.9. The molecular weight excluding hydrogens is 312 g/mol. The quantitative estimate of drug-likeness (QED) is 0.719. The van der Waals surface area contributed by atoms with Gasteiger partial charge in [0.1, 0.15) is 0 Å². The van der Waals surface area contributed by atoms with Gasteiger partial charge in [0.25, 0.3) is 0 Å². The molecule has 1 aliphatic rings. The number of benzene rings is 2. The summed E-state index contributed by atoms with van der Waals surface area (Å²) < 4.78 is 1.01. The third-order valence-electron chi connectivity index (χ3n) is 3.48. The first-order valence-electron chi connectivity index (χ1n) is 6.44. The Labute approximate surface area is 126 Å². The van der Waals surface area contributed by atoms with Gasteiger partial charge in [-0.1, -0.05) is 65.0 Å². The highest BCUT2D eigenvalue weighted by atomic mass is 79.9. The molecule has 98 valence electrons. The van der Waals surface area contributed by atoms with Crippen molar-refractivity contribution in [3.8, 4) is 0 Å². The van der Waals surface area contributed by atoms with E-state index in [0.717, 1.165) is 26.7 Å². The topological polar surface area (TPSA) is 17.1 Å². The van der Waals surface area contributed by atoms with Gasteiger partial charge in [-0.05, 0) is 34.4 Å². The van der Waals surface area contributed by atoms with Gasteiger partial charge >= 0.3 is 0 Å². The van der Waals surface area contributed by atoms with E-state index < -0.39 is 0 Å². The third kappa shape index (κ3) is 2.27. The summed E-state index contributed by atoms with van der Waals surface area (Å²) in [6.45, 7) is 3.91. The second-order valence-electron chi connectivity index (χ2n) is 4.84. The van der Waals surface area contributed by atoms with E-state index in [4.69, 9.17) is 0 Å². The fourth-order valence-electron chi connectivity index (χ4n) is 2.53. The molecule has 2 aromatic rings. The minimum Gasteiger partial charge on any atom is -0.289 e. The van der Waals surface area contributed by atoms with Crippen molar-refractivity contribution in [2.75, 3.05) is 0 Å². The molecule has 0 amide bonds. The van der Waals surface area contributed by atoms with Gasteiger partial charge in [-0.25, -0.2) is 0 Å². The van der Waals surface area contributed by atoms with Crippen molar-refractivity contribution in [2.24, 2.45) is 0 Å². The lowest BCUT2D eigenvalue weighted by molar-refractivity contribution is -0.110. The van der Waals surface area contributed by atoms with Gasteiger partial charge in [0.15, 0.2) is 5.78 Å². The number of hydrogen-bond donors (Lipinski definition) is 0. The molecule has 0 saturated heterocycles. The number of allylic oxidation sites excluding steroid dienone is 3. The zero-order valence-corrected chi connectivity index (χ0v) is 12.5. The molecule has 0 aromatic heterocycles. The van der Waals surface area contributed by atoms with Gasteiger partial charge in [-0.15, -0.1) is 0 Å². The summed E-state index contributed by atoms with van der Waals surface area (Å²) in [4.78, 5) is 12.4. The van der Waals surface area contributed by atoms with Crippen LogP contribution in [0.5, 0.6) is 0 Å². The summed E-state index contributed by atoms with van der Waals surface area (Å²) in [5, 5.41) is 0. The Kier molecular flexibility index (Phi) is 3.41. The van der Waals surface area contributed by atoms with Crippen LogP contribution >= 0.6 is 15.9 Å². The molecule has 0 atom stereocenters. The monoisotopic (exact) mass is 324 g/mol. The van der Waals surface area contributed by atoms with E-state index in [1.165, 1.54) is 0 Å². The number of Topliss-reactive ketones (excluding diaryl/α,β-unsaturated/α-hetero) is 1. The predicted octanol–water partition coefficient (Wildman–Crippen LogP) is 4.89. The average molecular weight is 325 g/mol. The molecule has 0 unspecified atom stereocenters. The summed E-state index contributed by atoms with van der Waals surface area (Å²) in [6, 6.07) is 17.9. The number of rotatable bonds is 2. The maximum Gasteiger partial charge on any atom is 0.189 e. The zero-order chi connectivity index (χ0) is 14.1. The van der Waals surface area contributed by atoms with Crippen molar-refractivity contribution < 1.29 is 4.79 Å². The number of carbonyl (C=O) groups is 1. The van der Waals surface area contributed by atoms with E-state index in [1.54, 1.807) is 0 Å². The van der Waals surface area contributed by atoms with Crippen LogP contribution in [0, 0.1) is 0 Å². The van der Waals surface area contributed by atoms with Crippen LogP contribution in [0.15, 0.2) is 71.2 Å². The minimum absolute atomic E-state index is 0.0613. The van der Waals surface area contributed by atoms with Gasteiger partial charge < -0.3 is 0 Å². The molecule has 0 bridgehead atoms. The minimum atomic E-state index is 0.0613. The van der Waals surface area contributed by atoms with Crippen LogP contribution in [-0.2, 0) is 4.79 Å². The number of halogens is 1. The molecule has 20 heavy (non-hydrogen) atoms. The maximum atomic E-state index is 12.4. The molecule has 0 saturated carbocycles. The fourth-order valence-corrected chi connectivity index (χ4v) is 2.93. The standard InChI is InChI=1S/C18H13BrO/c1-12-10-16(14-8-5-9-15(19)11-14)17(18(12)20)13-6-3-2-4-7-13/h2-9,11H,1,10H2. The van der Waals surface area contributed by atoms with Crippen LogP contribution in [0.2, 0.25) is 0 Å². The Bertz CT molecular complexity index is 726. The highest BCUT2D eigenvalue weighted by Crippen LogP contribution is 2.40. The van der Waals surface area contributed by atoms with Crippen LogP contribution < -0.4 is 0 Å². The largest absolute Gasteiger partial charge is 0.289 e. The van der Waals surface area contributed by atoms with E-state index in [2.05, 4.69) is 22.5 Å². The third-order valence-corrected chi connectivity index (χ3v) is 3.97. The van der Waals surface area contributed by atoms with Crippen LogP contribution in [0.25, 0.3) is 11.1 Å². The predicted molar refractivity (Wildman–Crippen MR) is 86.2 cm³/mol. The first kappa shape index (κ1) is 13.1. The maximum absolute atomic E-state index is 12.4. The molecule has 2 aromatic carbocycles. The average Bonchev–Trinajstić information content (AvgIpc) is 2.76. The Morgan fingerprint density at radius 1 is 0.950 bits per heavy atom. The lowest BCUT2D eigenvalue weighted by Crippen LogP contribution is -1.97. The van der Waals surface area contributed by atoms with Crippen molar-refractivity contribution >= 4 is 32.9 Å². The summed E-state index contributed by atoms with van der Waals surface area (Å²) in [5.41, 5.74) is 4.55. The van der Waals surface area contributed by atoms with Crippen LogP contribution in [0.3, 0.4) is 0 Å². The SMILES string of the molecule is C=C1CC(c2cccc(Br)c2)=C(c2ccccc2)C1=O. The molecule has 2 heteroatoms. The normalized spacial score (nSPS) is 15.1. The van der Waals surface area contributed by atoms with Crippen molar-refractivity contribution in [3.05, 3.63) is 82.3 Å². The van der Waals surface area contributed by atoms with E-state index in [-0.39, 0.29) is 5.78 Å². The van der Waals surface area contributed by atoms with Gasteiger partial charge in [-0.3, -0.25) is 4.79 Å². The molecule has 0 fully saturated rings. The van der Waals surface area contributed by atoms with Gasteiger partial charge in [0.2, 0.25) is 0 Å². The second kappa shape index (κ2) is 5.22. The first-order valence-corrected chi connectivity index (χ1v) is 7.23. The Hall–Kier alpha value is -1.93. The van der Waals surface area contributed by atoms with Crippen molar-refractivity contribution in [1.29, 1.82) is 0 Å². The fraction of sp³-hybridized carbons (Fsp3) is 0.0556. The van der Waals surface area contributed by atoms with Crippen LogP contribution in [-0.4, -0.2) is 5.78 Å². The van der Waals surface area contributed by atoms with Crippen molar-refractivity contribution in [1.82, 2.24) is 0 Å². The smallest absolute Gasteiger partial charge is 0.189 e. The van der Waals surface area contributed by atoms with Crippen molar-refractivity contribution in [2.45, 2.75) is 6.42 Å². The van der Waals surface area contributed by atoms with Gasteiger partial charge in [0.05, 0.1) is 0 Å². The van der Waals surface area contributed by atoms with E-state index in [0.29, 0.717) is 12.0 Å². The first-order chi connectivity index (χ1) is 9.66. The molecular formula is C18H13BrO. The molecule has 0 aliphatic heterocycles. The molecule has 3 rings (SSSR count). The summed E-state index contributed by atoms with van der Waals surface area (Å²) in [7, 11) is 0. The van der Waals surface area contributed by atoms with E-state index >= 15 is 0 Å². The molecule has 1 aliphatic carbocycles. The van der Waals surface area contributed by atoms with Crippen LogP contribution in [0.1, 0.15) is 17.5 Å². The lowest BCUT2D eigenvalue weighted by atomic mass is 9.97. The van der Waals surface area contributed by atoms with E-state index in [9.17, 15) is 4.79 Å². The molecule has 0 N–H and O–H groups in total. The molecule has 1 nitrogen and oxygen atoms in total. The van der Waals surface area contributed by atoms with Gasteiger partial charge in [0, 0.05) is 16.5 Å². The molecule has 0 spiro atoms. The number of ketones is 1. The highest BCUT2D eigenvalue weighted by Gasteiger charge is 2.28. The second-order valence-corrected chi connectivity index (χ2v) is 5.76. The van der Waals surface area contributed by atoms with Gasteiger partial charge in [-0.2, -0.15) is 0 Å². The Morgan fingerprint density at radius 2 is 1.65 bits per heavy atom. The van der Waals surface area contributed by atoms with Crippen molar-refractivity contribution in [3.63, 3.8) is 0 Å². The Balaban J connectivity index is 2.21.